The zero-order chi connectivity index (χ0) is 14.2. The molecule has 1 aliphatic heterocycles. The number of carbonyl (C=O) groups is 1. The number of halogens is 1. The molecule has 9 heteroatoms. The fourth-order valence-corrected chi connectivity index (χ4v) is 2.98. The molecule has 1 aromatic heterocycles. The summed E-state index contributed by atoms with van der Waals surface area (Å²) in [5.74, 6) is -1.62. The van der Waals surface area contributed by atoms with Crippen LogP contribution < -0.4 is 16.4 Å². The highest BCUT2D eigenvalue weighted by atomic mass is 32.3. The minimum atomic E-state index is -4.61. The predicted octanol–water partition coefficient (Wildman–Crippen LogP) is -0.102. The molecule has 0 aromatic carbocycles. The Hall–Kier alpha value is -1.90. The summed E-state index contributed by atoms with van der Waals surface area (Å²) in [6, 6.07) is 0. The summed E-state index contributed by atoms with van der Waals surface area (Å²) in [4.78, 5) is 16.9. The molecular formula is C10H13FN4O3S. The lowest BCUT2D eigenvalue weighted by Gasteiger charge is -2.20. The van der Waals surface area contributed by atoms with E-state index in [0.717, 1.165) is 0 Å². The maximum atomic E-state index is 12.6. The van der Waals surface area contributed by atoms with Gasteiger partial charge in [-0.2, -0.15) is 8.42 Å². The molecule has 1 unspecified atom stereocenters. The first kappa shape index (κ1) is 13.5. The molecule has 0 spiro atoms. The molecule has 1 amide bonds. The Morgan fingerprint density at radius 3 is 2.47 bits per heavy atom. The normalized spacial score (nSPS) is 19.9. The van der Waals surface area contributed by atoms with Crippen LogP contribution in [0.1, 0.15) is 6.42 Å². The number of hydrogen-bond donors (Lipinski definition) is 2. The van der Waals surface area contributed by atoms with Crippen LogP contribution in [0.3, 0.4) is 0 Å². The van der Waals surface area contributed by atoms with Gasteiger partial charge in [-0.3, -0.25) is 9.78 Å². The molecule has 0 aliphatic carbocycles. The average molecular weight is 288 g/mol. The summed E-state index contributed by atoms with van der Waals surface area (Å²) in [7, 11) is -4.61. The van der Waals surface area contributed by atoms with Crippen molar-refractivity contribution in [1.29, 1.82) is 0 Å². The van der Waals surface area contributed by atoms with E-state index >= 15 is 0 Å². The fourth-order valence-electron chi connectivity index (χ4n) is 2.19. The summed E-state index contributed by atoms with van der Waals surface area (Å²) in [5.41, 5.74) is 12.2. The molecule has 1 fully saturated rings. The summed E-state index contributed by atoms with van der Waals surface area (Å²) < 4.78 is 33.9. The molecule has 1 aliphatic rings. The van der Waals surface area contributed by atoms with Crippen LogP contribution in [0.25, 0.3) is 0 Å². The van der Waals surface area contributed by atoms with E-state index in [-0.39, 0.29) is 30.2 Å². The molecule has 2 rings (SSSR count). The maximum absolute atomic E-state index is 12.6. The lowest BCUT2D eigenvalue weighted by molar-refractivity contribution is -0.117. The van der Waals surface area contributed by atoms with Crippen molar-refractivity contribution in [2.75, 3.05) is 28.7 Å². The van der Waals surface area contributed by atoms with Gasteiger partial charge in [-0.1, -0.05) is 0 Å². The third kappa shape index (κ3) is 2.92. The Morgan fingerprint density at radius 1 is 1.37 bits per heavy atom. The maximum Gasteiger partial charge on any atom is 0.302 e. The minimum absolute atomic E-state index is 0.0512. The Labute approximate surface area is 109 Å². The molecule has 4 N–H and O–H groups in total. The largest absolute Gasteiger partial charge is 0.396 e. The van der Waals surface area contributed by atoms with E-state index in [1.54, 1.807) is 0 Å². The zero-order valence-electron chi connectivity index (χ0n) is 9.91. The number of amides is 1. The molecule has 1 aromatic rings. The van der Waals surface area contributed by atoms with Crippen LogP contribution >= 0.6 is 0 Å². The van der Waals surface area contributed by atoms with E-state index in [9.17, 15) is 17.1 Å². The van der Waals surface area contributed by atoms with E-state index in [2.05, 4.69) is 4.98 Å². The van der Waals surface area contributed by atoms with Crippen molar-refractivity contribution in [2.45, 2.75) is 6.42 Å². The summed E-state index contributed by atoms with van der Waals surface area (Å²) in [5, 5.41) is 0. The third-order valence-corrected chi connectivity index (χ3v) is 3.75. The summed E-state index contributed by atoms with van der Waals surface area (Å²) >= 11 is 0. The molecular weight excluding hydrogens is 275 g/mol. The molecule has 19 heavy (non-hydrogen) atoms. The van der Waals surface area contributed by atoms with Crippen molar-refractivity contribution >= 4 is 33.2 Å². The molecule has 0 bridgehead atoms. The van der Waals surface area contributed by atoms with Crippen LogP contribution in [0.5, 0.6) is 0 Å². The van der Waals surface area contributed by atoms with Crippen LogP contribution in [0.2, 0.25) is 0 Å². The van der Waals surface area contributed by atoms with E-state index in [4.69, 9.17) is 11.5 Å². The number of nitrogen functional groups attached to an aromatic ring is 2. The highest BCUT2D eigenvalue weighted by Crippen LogP contribution is 2.34. The second kappa shape index (κ2) is 4.65. The van der Waals surface area contributed by atoms with E-state index in [0.29, 0.717) is 5.69 Å². The van der Waals surface area contributed by atoms with Gasteiger partial charge < -0.3 is 16.4 Å². The topological polar surface area (TPSA) is 119 Å². The van der Waals surface area contributed by atoms with Gasteiger partial charge in [0.15, 0.2) is 0 Å². The molecule has 104 valence electrons. The van der Waals surface area contributed by atoms with Gasteiger partial charge in [-0.05, 0) is 0 Å². The van der Waals surface area contributed by atoms with Gasteiger partial charge in [-0.25, -0.2) is 0 Å². The van der Waals surface area contributed by atoms with Gasteiger partial charge in [0, 0.05) is 18.9 Å². The second-order valence-corrected chi connectivity index (χ2v) is 5.86. The van der Waals surface area contributed by atoms with Crippen molar-refractivity contribution in [3.8, 4) is 0 Å². The molecule has 0 saturated carbocycles. The molecule has 1 atom stereocenters. The first-order chi connectivity index (χ1) is 8.78. The molecule has 2 heterocycles. The Morgan fingerprint density at radius 2 is 1.95 bits per heavy atom. The molecule has 1 saturated heterocycles. The van der Waals surface area contributed by atoms with Crippen molar-refractivity contribution in [1.82, 2.24) is 4.98 Å². The van der Waals surface area contributed by atoms with Gasteiger partial charge in [0.1, 0.15) is 0 Å². The number of nitrogens with two attached hydrogens (primary N) is 2. The standard InChI is InChI=1S/C10H13FN4O3S/c11-19(17,18)5-6-1-9(16)15(4-6)10-7(12)2-14-3-8(10)13/h2-3,6H,1,4-5,12-13H2. The second-order valence-electron chi connectivity index (χ2n) is 4.45. The van der Waals surface area contributed by atoms with Gasteiger partial charge >= 0.3 is 10.2 Å². The Kier molecular flexibility index (Phi) is 3.31. The highest BCUT2D eigenvalue weighted by Gasteiger charge is 2.35. The predicted molar refractivity (Wildman–Crippen MR) is 68.4 cm³/mol. The number of aromatic nitrogens is 1. The van der Waals surface area contributed by atoms with Crippen LogP contribution in [0.4, 0.5) is 20.9 Å². The highest BCUT2D eigenvalue weighted by molar-refractivity contribution is 7.86. The van der Waals surface area contributed by atoms with Gasteiger partial charge in [0.25, 0.3) is 0 Å². The Bertz CT molecular complexity index is 599. The summed E-state index contributed by atoms with van der Waals surface area (Å²) in [6.45, 7) is 0.0698. The third-order valence-electron chi connectivity index (χ3n) is 2.88. The SMILES string of the molecule is Nc1cncc(N)c1N1CC(CS(=O)(=O)F)CC1=O. The number of nitrogens with zero attached hydrogens (tertiary/aromatic N) is 2. The van der Waals surface area contributed by atoms with E-state index in [1.807, 2.05) is 0 Å². The number of pyridine rings is 1. The van der Waals surface area contributed by atoms with Crippen molar-refractivity contribution in [2.24, 2.45) is 5.92 Å². The number of hydrogen-bond acceptors (Lipinski definition) is 6. The van der Waals surface area contributed by atoms with Crippen molar-refractivity contribution in [3.63, 3.8) is 0 Å². The van der Waals surface area contributed by atoms with E-state index in [1.165, 1.54) is 17.3 Å². The average Bonchev–Trinajstić information content (AvgIpc) is 2.56. The Balaban J connectivity index is 2.26. The summed E-state index contributed by atoms with van der Waals surface area (Å²) in [6.07, 6.45) is 2.64. The van der Waals surface area contributed by atoms with Crippen LogP contribution in [0.15, 0.2) is 12.4 Å². The minimum Gasteiger partial charge on any atom is -0.396 e. The first-order valence-corrected chi connectivity index (χ1v) is 7.05. The lowest BCUT2D eigenvalue weighted by Crippen LogP contribution is -2.27. The van der Waals surface area contributed by atoms with Gasteiger partial charge in [0.2, 0.25) is 5.91 Å². The van der Waals surface area contributed by atoms with Crippen molar-refractivity contribution < 1.29 is 17.1 Å². The monoisotopic (exact) mass is 288 g/mol. The van der Waals surface area contributed by atoms with E-state index < -0.39 is 21.9 Å². The quantitative estimate of drug-likeness (QED) is 0.749. The smallest absolute Gasteiger partial charge is 0.302 e. The van der Waals surface area contributed by atoms with Crippen LogP contribution in [-0.2, 0) is 15.0 Å². The lowest BCUT2D eigenvalue weighted by atomic mass is 10.1. The number of anilines is 3. The zero-order valence-corrected chi connectivity index (χ0v) is 10.7. The van der Waals surface area contributed by atoms with Crippen molar-refractivity contribution in [3.05, 3.63) is 12.4 Å². The molecule has 0 radical (unpaired) electrons. The first-order valence-electron chi connectivity index (χ1n) is 5.49. The number of rotatable bonds is 3. The van der Waals surface area contributed by atoms with Gasteiger partial charge in [0.05, 0.1) is 35.2 Å². The fraction of sp³-hybridized carbons (Fsp3) is 0.400. The van der Waals surface area contributed by atoms with Gasteiger partial charge in [-0.15, -0.1) is 3.89 Å². The number of carbonyl (C=O) groups excluding carboxylic acids is 1. The van der Waals surface area contributed by atoms with Crippen LogP contribution in [0, 0.1) is 5.92 Å². The van der Waals surface area contributed by atoms with Crippen LogP contribution in [-0.4, -0.2) is 31.6 Å². The molecule has 7 nitrogen and oxygen atoms in total.